The van der Waals surface area contributed by atoms with Crippen LogP contribution in [0.15, 0.2) is 53.6 Å². The highest BCUT2D eigenvalue weighted by Crippen LogP contribution is 2.32. The molecule has 34 heavy (non-hydrogen) atoms. The topological polar surface area (TPSA) is 72.8 Å². The van der Waals surface area contributed by atoms with Crippen molar-refractivity contribution in [1.29, 1.82) is 0 Å². The third kappa shape index (κ3) is 5.50. The molecule has 0 aliphatic carbocycles. The Bertz CT molecular complexity index is 1170. The van der Waals surface area contributed by atoms with Crippen LogP contribution in [-0.2, 0) is 16.1 Å². The number of amides is 2. The number of aromatic nitrogens is 1. The van der Waals surface area contributed by atoms with E-state index in [2.05, 4.69) is 12.2 Å². The Morgan fingerprint density at radius 3 is 2.59 bits per heavy atom. The molecule has 1 saturated heterocycles. The summed E-state index contributed by atoms with van der Waals surface area (Å²) in [6, 6.07) is 13.3. The summed E-state index contributed by atoms with van der Waals surface area (Å²) < 4.78 is 12.6. The van der Waals surface area contributed by atoms with E-state index in [9.17, 15) is 9.59 Å². The SMILES string of the molecule is COc1ccc(NC(=O)CSc2cn(CC(=O)N3CCC(C)CC3)c3ccccc23)c(OC)c1. The lowest BCUT2D eigenvalue weighted by Crippen LogP contribution is -2.39. The molecule has 180 valence electrons. The smallest absolute Gasteiger partial charge is 0.242 e. The van der Waals surface area contributed by atoms with Gasteiger partial charge in [-0.25, -0.2) is 0 Å². The Balaban J connectivity index is 1.43. The molecular formula is C26H31N3O4S. The van der Waals surface area contributed by atoms with Gasteiger partial charge in [0.05, 0.1) is 25.7 Å². The minimum absolute atomic E-state index is 0.135. The summed E-state index contributed by atoms with van der Waals surface area (Å²) >= 11 is 1.46. The Morgan fingerprint density at radius 1 is 1.09 bits per heavy atom. The largest absolute Gasteiger partial charge is 0.497 e. The summed E-state index contributed by atoms with van der Waals surface area (Å²) in [6.45, 7) is 4.21. The van der Waals surface area contributed by atoms with E-state index < -0.39 is 0 Å². The maximum atomic E-state index is 12.9. The number of rotatable bonds is 8. The predicted molar refractivity (Wildman–Crippen MR) is 136 cm³/mol. The lowest BCUT2D eigenvalue weighted by atomic mass is 9.99. The first-order valence-corrected chi connectivity index (χ1v) is 12.5. The molecule has 7 nitrogen and oxygen atoms in total. The molecule has 2 heterocycles. The highest BCUT2D eigenvalue weighted by molar-refractivity contribution is 8.00. The third-order valence-corrected chi connectivity index (χ3v) is 7.28. The van der Waals surface area contributed by atoms with Gasteiger partial charge in [0.25, 0.3) is 0 Å². The first kappa shape index (κ1) is 24.0. The fraction of sp³-hybridized carbons (Fsp3) is 0.385. The number of carbonyl (C=O) groups excluding carboxylic acids is 2. The van der Waals surface area contributed by atoms with Gasteiger partial charge in [-0.1, -0.05) is 25.1 Å². The molecule has 0 radical (unpaired) electrons. The van der Waals surface area contributed by atoms with Gasteiger partial charge in [-0.3, -0.25) is 9.59 Å². The van der Waals surface area contributed by atoms with Crippen LogP contribution >= 0.6 is 11.8 Å². The van der Waals surface area contributed by atoms with Gasteiger partial charge in [0.15, 0.2) is 0 Å². The van der Waals surface area contributed by atoms with Gasteiger partial charge in [-0.15, -0.1) is 11.8 Å². The van der Waals surface area contributed by atoms with Crippen LogP contribution in [0.3, 0.4) is 0 Å². The zero-order valence-electron chi connectivity index (χ0n) is 19.9. The first-order valence-electron chi connectivity index (χ1n) is 11.5. The molecular weight excluding hydrogens is 450 g/mol. The summed E-state index contributed by atoms with van der Waals surface area (Å²) in [4.78, 5) is 28.5. The van der Waals surface area contributed by atoms with Crippen molar-refractivity contribution in [2.45, 2.75) is 31.2 Å². The molecule has 1 aliphatic heterocycles. The average Bonchev–Trinajstić information content (AvgIpc) is 3.20. The van der Waals surface area contributed by atoms with Crippen LogP contribution in [0, 0.1) is 5.92 Å². The number of para-hydroxylation sites is 1. The molecule has 4 rings (SSSR count). The molecule has 0 atom stereocenters. The van der Waals surface area contributed by atoms with E-state index in [1.807, 2.05) is 39.9 Å². The van der Waals surface area contributed by atoms with Crippen LogP contribution in [0.1, 0.15) is 19.8 Å². The molecule has 0 unspecified atom stereocenters. The maximum Gasteiger partial charge on any atom is 0.242 e. The standard InChI is InChI=1S/C26H31N3O4S/c1-18-10-12-28(13-11-18)26(31)16-29-15-24(20-6-4-5-7-22(20)29)34-17-25(30)27-21-9-8-19(32-2)14-23(21)33-3/h4-9,14-15,18H,10-13,16-17H2,1-3H3,(H,27,30). The number of carbonyl (C=O) groups is 2. The summed E-state index contributed by atoms with van der Waals surface area (Å²) in [5.74, 6) is 2.13. The molecule has 0 spiro atoms. The van der Waals surface area contributed by atoms with Crippen molar-refractivity contribution in [2.24, 2.45) is 5.92 Å². The number of benzene rings is 2. The number of hydrogen-bond acceptors (Lipinski definition) is 5. The second kappa shape index (κ2) is 10.9. The fourth-order valence-electron chi connectivity index (χ4n) is 4.19. The van der Waals surface area contributed by atoms with Crippen molar-refractivity contribution in [3.05, 3.63) is 48.7 Å². The molecule has 1 fully saturated rings. The van der Waals surface area contributed by atoms with Crippen LogP contribution in [0.5, 0.6) is 11.5 Å². The Hall–Kier alpha value is -3.13. The monoisotopic (exact) mass is 481 g/mol. The summed E-state index contributed by atoms with van der Waals surface area (Å²) in [5, 5.41) is 3.95. The van der Waals surface area contributed by atoms with E-state index in [0.29, 0.717) is 29.6 Å². The zero-order chi connectivity index (χ0) is 24.1. The molecule has 2 amide bonds. The van der Waals surface area contributed by atoms with Crippen molar-refractivity contribution in [2.75, 3.05) is 38.4 Å². The van der Waals surface area contributed by atoms with E-state index in [-0.39, 0.29) is 17.6 Å². The number of ether oxygens (including phenoxy) is 2. The maximum absolute atomic E-state index is 12.9. The molecule has 1 N–H and O–H groups in total. The lowest BCUT2D eigenvalue weighted by Gasteiger charge is -2.30. The van der Waals surface area contributed by atoms with Crippen LogP contribution in [0.4, 0.5) is 5.69 Å². The molecule has 3 aromatic rings. The number of anilines is 1. The van der Waals surface area contributed by atoms with E-state index >= 15 is 0 Å². The zero-order valence-corrected chi connectivity index (χ0v) is 20.7. The number of nitrogens with one attached hydrogen (secondary N) is 1. The van der Waals surface area contributed by atoms with Crippen molar-refractivity contribution in [1.82, 2.24) is 9.47 Å². The van der Waals surface area contributed by atoms with Gasteiger partial charge in [-0.2, -0.15) is 0 Å². The van der Waals surface area contributed by atoms with Gasteiger partial charge in [-0.05, 0) is 37.0 Å². The fourth-order valence-corrected chi connectivity index (χ4v) is 5.08. The van der Waals surface area contributed by atoms with Crippen molar-refractivity contribution >= 4 is 40.2 Å². The van der Waals surface area contributed by atoms with Crippen LogP contribution < -0.4 is 14.8 Å². The normalized spacial score (nSPS) is 14.3. The summed E-state index contributed by atoms with van der Waals surface area (Å²) in [5.41, 5.74) is 1.60. The minimum atomic E-state index is -0.135. The van der Waals surface area contributed by atoms with Gasteiger partial charge in [0.2, 0.25) is 11.8 Å². The van der Waals surface area contributed by atoms with Gasteiger partial charge >= 0.3 is 0 Å². The number of likely N-dealkylation sites (tertiary alicyclic amines) is 1. The average molecular weight is 482 g/mol. The quantitative estimate of drug-likeness (QED) is 0.474. The van der Waals surface area contributed by atoms with Crippen molar-refractivity contribution in [3.8, 4) is 11.5 Å². The summed E-state index contributed by atoms with van der Waals surface area (Å²) in [6.07, 6.45) is 4.11. The Kier molecular flexibility index (Phi) is 7.67. The lowest BCUT2D eigenvalue weighted by molar-refractivity contribution is -0.133. The van der Waals surface area contributed by atoms with E-state index in [1.54, 1.807) is 32.4 Å². The molecule has 0 saturated carbocycles. The molecule has 0 bridgehead atoms. The van der Waals surface area contributed by atoms with E-state index in [4.69, 9.17) is 9.47 Å². The predicted octanol–water partition coefficient (Wildman–Crippen LogP) is 4.65. The molecule has 8 heteroatoms. The number of fused-ring (bicyclic) bond motifs is 1. The Morgan fingerprint density at radius 2 is 1.85 bits per heavy atom. The number of nitrogens with zero attached hydrogens (tertiary/aromatic N) is 2. The highest BCUT2D eigenvalue weighted by atomic mass is 32.2. The Labute approximate surface area is 204 Å². The molecule has 1 aromatic heterocycles. The summed E-state index contributed by atoms with van der Waals surface area (Å²) in [7, 11) is 3.14. The number of thioether (sulfide) groups is 1. The van der Waals surface area contributed by atoms with Gasteiger partial charge in [0, 0.05) is 41.2 Å². The highest BCUT2D eigenvalue weighted by Gasteiger charge is 2.21. The number of piperidine rings is 1. The molecule has 1 aliphatic rings. The van der Waals surface area contributed by atoms with Crippen LogP contribution in [0.2, 0.25) is 0 Å². The van der Waals surface area contributed by atoms with Gasteiger partial charge in [0.1, 0.15) is 18.0 Å². The van der Waals surface area contributed by atoms with Gasteiger partial charge < -0.3 is 24.3 Å². The first-order chi connectivity index (χ1) is 16.5. The van der Waals surface area contributed by atoms with Crippen molar-refractivity contribution < 1.29 is 19.1 Å². The second-order valence-corrected chi connectivity index (χ2v) is 9.62. The van der Waals surface area contributed by atoms with E-state index in [1.165, 1.54) is 11.8 Å². The van der Waals surface area contributed by atoms with E-state index in [0.717, 1.165) is 41.7 Å². The van der Waals surface area contributed by atoms with Crippen LogP contribution in [0.25, 0.3) is 10.9 Å². The number of hydrogen-bond donors (Lipinski definition) is 1. The minimum Gasteiger partial charge on any atom is -0.497 e. The molecule has 2 aromatic carbocycles. The third-order valence-electron chi connectivity index (χ3n) is 6.24. The van der Waals surface area contributed by atoms with Crippen molar-refractivity contribution in [3.63, 3.8) is 0 Å². The van der Waals surface area contributed by atoms with Crippen LogP contribution in [-0.4, -0.2) is 54.3 Å². The second-order valence-electron chi connectivity index (χ2n) is 8.60. The number of methoxy groups -OCH3 is 2.